The van der Waals surface area contributed by atoms with Gasteiger partial charge in [0.1, 0.15) is 0 Å². The molecule has 338 valence electrons. The lowest BCUT2D eigenvalue weighted by Gasteiger charge is -2.46. The predicted octanol–water partition coefficient (Wildman–Crippen LogP) is 15.1. The van der Waals surface area contributed by atoms with Crippen molar-refractivity contribution in [3.8, 4) is 0 Å². The maximum Gasteiger partial charge on any atom is 0.252 e. The second-order valence-corrected chi connectivity index (χ2v) is 21.4. The summed E-state index contributed by atoms with van der Waals surface area (Å²) in [6.45, 7) is 18.9. The molecule has 9 aromatic carbocycles. The number of para-hydroxylation sites is 1. The molecule has 69 heavy (non-hydrogen) atoms. The first-order valence-corrected chi connectivity index (χ1v) is 24.7. The third-order valence-electron chi connectivity index (χ3n) is 16.1. The van der Waals surface area contributed by atoms with Crippen LogP contribution in [0.1, 0.15) is 99.9 Å². The van der Waals surface area contributed by atoms with Crippen molar-refractivity contribution >= 4 is 57.2 Å². The Morgan fingerprint density at radius 2 is 0.536 bits per heavy atom. The Kier molecular flexibility index (Phi) is 10.7. The van der Waals surface area contributed by atoms with E-state index in [4.69, 9.17) is 0 Å². The predicted molar refractivity (Wildman–Crippen MR) is 295 cm³/mol. The maximum atomic E-state index is 2.60. The fraction of sp³-hybridized carbons (Fsp3) is 0.182. The zero-order chi connectivity index (χ0) is 47.7. The molecular weight excluding hydrogens is 832 g/mol. The van der Waals surface area contributed by atoms with E-state index < -0.39 is 0 Å². The van der Waals surface area contributed by atoms with Crippen molar-refractivity contribution in [3.05, 3.63) is 269 Å². The van der Waals surface area contributed by atoms with Crippen molar-refractivity contribution in [1.29, 1.82) is 0 Å². The molecule has 0 aliphatic carbocycles. The van der Waals surface area contributed by atoms with Crippen molar-refractivity contribution in [2.24, 2.45) is 0 Å². The number of nitrogens with zero attached hydrogens (tertiary/aromatic N) is 2. The molecule has 0 unspecified atom stereocenters. The Balaban J connectivity index is 1.21. The van der Waals surface area contributed by atoms with Gasteiger partial charge in [-0.3, -0.25) is 0 Å². The zero-order valence-corrected chi connectivity index (χ0v) is 41.3. The Morgan fingerprint density at radius 3 is 0.913 bits per heavy atom. The summed E-state index contributed by atoms with van der Waals surface area (Å²) in [5, 5.41) is 0. The number of hydrogen-bond donors (Lipinski definition) is 0. The fourth-order valence-corrected chi connectivity index (χ4v) is 11.4. The van der Waals surface area contributed by atoms with Crippen LogP contribution in [0.4, 0.5) is 34.1 Å². The van der Waals surface area contributed by atoms with Crippen LogP contribution in [0.15, 0.2) is 224 Å². The van der Waals surface area contributed by atoms with Gasteiger partial charge in [0, 0.05) is 55.8 Å². The molecule has 0 spiro atoms. The van der Waals surface area contributed by atoms with Crippen LogP contribution in [0, 0.1) is 0 Å². The van der Waals surface area contributed by atoms with Gasteiger partial charge >= 0.3 is 0 Å². The standard InChI is InChI=1S/C66H61BN2/c1-63(2,46-24-14-9-15-25-46)50-34-38-55(39-35-50)69-59-43-52(65(5,6)48-28-18-11-19-29-48)37-41-57(59)67-56-40-36-51(64(3,4)47-26-16-10-17-27-47)42-58(56)68(54-32-22-13-23-33-54)60-44-53(45-61(69)62(60)67)66(7,8)49-30-20-12-21-31-49/h9-45H,1-8H3. The van der Waals surface area contributed by atoms with Crippen LogP contribution < -0.4 is 26.2 Å². The first-order chi connectivity index (χ1) is 33.3. The summed E-state index contributed by atoms with van der Waals surface area (Å²) in [7, 11) is 0. The van der Waals surface area contributed by atoms with Crippen molar-refractivity contribution < 1.29 is 0 Å². The van der Waals surface area contributed by atoms with Gasteiger partial charge in [-0.1, -0.05) is 231 Å². The Hall–Kier alpha value is -7.36. The van der Waals surface area contributed by atoms with Crippen LogP contribution in [0.3, 0.4) is 0 Å². The monoisotopic (exact) mass is 892 g/mol. The molecule has 2 aliphatic rings. The molecule has 0 saturated carbocycles. The van der Waals surface area contributed by atoms with Gasteiger partial charge in [0.05, 0.1) is 0 Å². The molecule has 2 heterocycles. The van der Waals surface area contributed by atoms with Crippen molar-refractivity contribution in [3.63, 3.8) is 0 Å². The van der Waals surface area contributed by atoms with E-state index in [-0.39, 0.29) is 28.4 Å². The Morgan fingerprint density at radius 1 is 0.261 bits per heavy atom. The second-order valence-electron chi connectivity index (χ2n) is 21.4. The highest BCUT2D eigenvalue weighted by Gasteiger charge is 2.45. The normalized spacial score (nSPS) is 13.4. The summed E-state index contributed by atoms with van der Waals surface area (Å²) in [5.74, 6) is 0. The summed E-state index contributed by atoms with van der Waals surface area (Å²) in [4.78, 5) is 5.17. The van der Waals surface area contributed by atoms with E-state index in [1.165, 1.54) is 83.6 Å². The summed E-state index contributed by atoms with van der Waals surface area (Å²) in [5.41, 5.74) is 20.4. The number of anilines is 6. The van der Waals surface area contributed by atoms with Crippen LogP contribution >= 0.6 is 0 Å². The molecule has 0 bridgehead atoms. The van der Waals surface area contributed by atoms with Crippen LogP contribution in [-0.2, 0) is 21.7 Å². The van der Waals surface area contributed by atoms with E-state index in [0.29, 0.717) is 0 Å². The average Bonchev–Trinajstić information content (AvgIpc) is 3.39. The average molecular weight is 893 g/mol. The van der Waals surface area contributed by atoms with E-state index in [9.17, 15) is 0 Å². The quantitative estimate of drug-likeness (QED) is 0.126. The van der Waals surface area contributed by atoms with E-state index in [0.717, 1.165) is 11.4 Å². The van der Waals surface area contributed by atoms with Gasteiger partial charge in [-0.15, -0.1) is 0 Å². The number of rotatable bonds is 10. The minimum atomic E-state index is -0.325. The fourth-order valence-electron chi connectivity index (χ4n) is 11.4. The highest BCUT2D eigenvalue weighted by molar-refractivity contribution is 7.00. The summed E-state index contributed by atoms with van der Waals surface area (Å²) >= 11 is 0. The molecular formula is C66H61BN2. The van der Waals surface area contributed by atoms with Crippen LogP contribution in [0.5, 0.6) is 0 Å². The first kappa shape index (κ1) is 44.2. The van der Waals surface area contributed by atoms with E-state index in [1.54, 1.807) is 0 Å². The molecule has 0 radical (unpaired) electrons. The molecule has 0 N–H and O–H groups in total. The SMILES string of the molecule is CC(C)(c1ccccc1)c1ccc(N2c3cc(C(C)(C)c4ccccc4)ccc3B3c4ccc(C(C)(C)c5ccccc5)cc4N(c4ccccc4)c4cc(C(C)(C)c5ccccc5)cc2c43)cc1. The maximum absolute atomic E-state index is 2.60. The van der Waals surface area contributed by atoms with Gasteiger partial charge in [-0.25, -0.2) is 0 Å². The molecule has 0 fully saturated rings. The largest absolute Gasteiger partial charge is 0.311 e. The number of hydrogen-bond acceptors (Lipinski definition) is 2. The molecule has 0 amide bonds. The lowest BCUT2D eigenvalue weighted by molar-refractivity contribution is 0.640. The van der Waals surface area contributed by atoms with Crippen molar-refractivity contribution in [2.45, 2.75) is 77.0 Å². The van der Waals surface area contributed by atoms with Gasteiger partial charge in [0.25, 0.3) is 6.71 Å². The van der Waals surface area contributed by atoms with Crippen LogP contribution in [0.25, 0.3) is 0 Å². The molecule has 0 saturated heterocycles. The van der Waals surface area contributed by atoms with E-state index >= 15 is 0 Å². The van der Waals surface area contributed by atoms with Crippen LogP contribution in [-0.4, -0.2) is 6.71 Å². The third kappa shape index (κ3) is 7.33. The number of fused-ring (bicyclic) bond motifs is 4. The second kappa shape index (κ2) is 16.7. The van der Waals surface area contributed by atoms with Gasteiger partial charge in [-0.05, 0) is 109 Å². The summed E-state index contributed by atoms with van der Waals surface area (Å²) in [6.07, 6.45) is 0. The Labute approximate surface area is 411 Å². The number of benzene rings is 9. The molecule has 2 nitrogen and oxygen atoms in total. The van der Waals surface area contributed by atoms with Crippen molar-refractivity contribution in [2.75, 3.05) is 9.80 Å². The third-order valence-corrected chi connectivity index (χ3v) is 16.1. The topological polar surface area (TPSA) is 6.48 Å². The highest BCUT2D eigenvalue weighted by Crippen LogP contribution is 2.49. The molecule has 3 heteroatoms. The molecule has 9 aromatic rings. The summed E-state index contributed by atoms with van der Waals surface area (Å²) < 4.78 is 0. The van der Waals surface area contributed by atoms with Crippen LogP contribution in [0.2, 0.25) is 0 Å². The lowest BCUT2D eigenvalue weighted by Crippen LogP contribution is -2.61. The van der Waals surface area contributed by atoms with E-state index in [1.807, 2.05) is 0 Å². The van der Waals surface area contributed by atoms with E-state index in [2.05, 4.69) is 290 Å². The van der Waals surface area contributed by atoms with Gasteiger partial charge in [0.2, 0.25) is 0 Å². The zero-order valence-electron chi connectivity index (χ0n) is 41.3. The molecule has 0 aromatic heterocycles. The minimum Gasteiger partial charge on any atom is -0.311 e. The van der Waals surface area contributed by atoms with Crippen molar-refractivity contribution in [1.82, 2.24) is 0 Å². The smallest absolute Gasteiger partial charge is 0.252 e. The first-order valence-electron chi connectivity index (χ1n) is 24.7. The van der Waals surface area contributed by atoms with Gasteiger partial charge in [-0.2, -0.15) is 0 Å². The minimum absolute atomic E-state index is 0.0239. The molecule has 2 aliphatic heterocycles. The highest BCUT2D eigenvalue weighted by atomic mass is 15.2. The Bertz CT molecular complexity index is 3300. The molecule has 0 atom stereocenters. The van der Waals surface area contributed by atoms with Gasteiger partial charge < -0.3 is 9.80 Å². The molecule has 11 rings (SSSR count). The lowest BCUT2D eigenvalue weighted by atomic mass is 9.33. The van der Waals surface area contributed by atoms with Gasteiger partial charge in [0.15, 0.2) is 0 Å². The summed E-state index contributed by atoms with van der Waals surface area (Å²) in [6, 6.07) is 84.2.